The summed E-state index contributed by atoms with van der Waals surface area (Å²) < 4.78 is 16.8. The van der Waals surface area contributed by atoms with Crippen LogP contribution >= 0.6 is 0 Å². The molecular formula is C26H25FN6O. The normalized spacial score (nSPS) is 12.4. The van der Waals surface area contributed by atoms with Crippen molar-refractivity contribution in [2.45, 2.75) is 39.7 Å². The highest BCUT2D eigenvalue weighted by Gasteiger charge is 2.15. The van der Waals surface area contributed by atoms with E-state index in [-0.39, 0.29) is 24.2 Å². The number of rotatable bonds is 6. The number of nitrogens with zero attached hydrogens (tertiary/aromatic N) is 5. The highest BCUT2D eigenvalue weighted by molar-refractivity contribution is 5.78. The molecule has 34 heavy (non-hydrogen) atoms. The molecule has 172 valence electrons. The lowest BCUT2D eigenvalue weighted by molar-refractivity contribution is -0.121. The highest BCUT2D eigenvalue weighted by Crippen LogP contribution is 2.26. The Morgan fingerprint density at radius 3 is 2.65 bits per heavy atom. The van der Waals surface area contributed by atoms with Crippen molar-refractivity contribution in [3.8, 4) is 11.3 Å². The van der Waals surface area contributed by atoms with Crippen molar-refractivity contribution in [1.29, 1.82) is 0 Å². The average molecular weight is 457 g/mol. The van der Waals surface area contributed by atoms with Crippen molar-refractivity contribution in [1.82, 2.24) is 29.5 Å². The zero-order valence-corrected chi connectivity index (χ0v) is 19.3. The van der Waals surface area contributed by atoms with Crippen LogP contribution in [0.1, 0.15) is 41.9 Å². The van der Waals surface area contributed by atoms with Crippen LogP contribution in [0.15, 0.2) is 60.9 Å². The minimum Gasteiger partial charge on any atom is -0.350 e. The van der Waals surface area contributed by atoms with Crippen LogP contribution in [0.4, 0.5) is 4.39 Å². The van der Waals surface area contributed by atoms with Gasteiger partial charge in [-0.25, -0.2) is 8.91 Å². The van der Waals surface area contributed by atoms with Crippen molar-refractivity contribution in [3.05, 3.63) is 89.3 Å². The van der Waals surface area contributed by atoms with Crippen LogP contribution in [0.5, 0.6) is 0 Å². The Morgan fingerprint density at radius 2 is 1.85 bits per heavy atom. The maximum absolute atomic E-state index is 13.1. The topological polar surface area (TPSA) is 76.6 Å². The third-order valence-corrected chi connectivity index (χ3v) is 6.08. The second-order valence-corrected chi connectivity index (χ2v) is 8.63. The molecule has 5 rings (SSSR count). The third kappa shape index (κ3) is 4.14. The lowest BCUT2D eigenvalue weighted by Gasteiger charge is -2.14. The van der Waals surface area contributed by atoms with Crippen LogP contribution in [0.25, 0.3) is 22.4 Å². The number of amides is 1. The Kier molecular flexibility index (Phi) is 5.57. The standard InChI is InChI=1S/C26H25FN6O/c1-16-4-5-17(2)21(14-16)22-15-23-26-30-29-24(32(26)12-13-33(23)31-22)10-11-25(34)28-18(3)19-6-8-20(27)9-7-19/h4-9,12-15,18H,10-11H2,1-3H3,(H,28,34). The third-order valence-electron chi connectivity index (χ3n) is 6.08. The van der Waals surface area contributed by atoms with E-state index in [1.807, 2.05) is 34.3 Å². The molecule has 5 aromatic rings. The second-order valence-electron chi connectivity index (χ2n) is 8.63. The molecule has 0 saturated heterocycles. The van der Waals surface area contributed by atoms with Crippen LogP contribution in [-0.2, 0) is 11.2 Å². The summed E-state index contributed by atoms with van der Waals surface area (Å²) in [4.78, 5) is 12.5. The fraction of sp³-hybridized carbons (Fsp3) is 0.231. The first-order valence-corrected chi connectivity index (χ1v) is 11.2. The number of carbonyl (C=O) groups excluding carboxylic acids is 1. The molecule has 8 heteroatoms. The molecule has 0 fully saturated rings. The van der Waals surface area contributed by atoms with E-state index in [1.54, 1.807) is 12.1 Å². The Morgan fingerprint density at radius 1 is 1.06 bits per heavy atom. The van der Waals surface area contributed by atoms with Gasteiger partial charge in [0.15, 0.2) is 5.65 Å². The van der Waals surface area contributed by atoms with Crippen molar-refractivity contribution < 1.29 is 9.18 Å². The average Bonchev–Trinajstić information content (AvgIpc) is 3.43. The second kappa shape index (κ2) is 8.70. The van der Waals surface area contributed by atoms with Gasteiger partial charge in [0.2, 0.25) is 5.91 Å². The first kappa shape index (κ1) is 21.8. The summed E-state index contributed by atoms with van der Waals surface area (Å²) in [5.74, 6) is 0.308. The van der Waals surface area contributed by atoms with Crippen molar-refractivity contribution in [2.24, 2.45) is 0 Å². The SMILES string of the molecule is Cc1ccc(C)c(-c2cc3c4nnc(CCC(=O)NC(C)c5ccc(F)cc5)n4ccn3n2)c1. The molecule has 0 spiro atoms. The molecular weight excluding hydrogens is 431 g/mol. The summed E-state index contributed by atoms with van der Waals surface area (Å²) in [5, 5.41) is 16.4. The van der Waals surface area contributed by atoms with E-state index in [0.717, 1.165) is 27.9 Å². The highest BCUT2D eigenvalue weighted by atomic mass is 19.1. The molecule has 0 saturated carbocycles. The Bertz CT molecular complexity index is 1500. The molecule has 0 aliphatic rings. The molecule has 1 atom stereocenters. The summed E-state index contributed by atoms with van der Waals surface area (Å²) in [6.07, 6.45) is 4.46. The van der Waals surface area contributed by atoms with E-state index >= 15 is 0 Å². The number of carbonyl (C=O) groups is 1. The zero-order chi connectivity index (χ0) is 23.8. The number of nitrogens with one attached hydrogen (secondary N) is 1. The fourth-order valence-corrected chi connectivity index (χ4v) is 4.15. The van der Waals surface area contributed by atoms with E-state index in [9.17, 15) is 9.18 Å². The van der Waals surface area contributed by atoms with E-state index < -0.39 is 0 Å². The minimum absolute atomic E-state index is 0.101. The van der Waals surface area contributed by atoms with Crippen molar-refractivity contribution >= 4 is 17.1 Å². The molecule has 0 aliphatic carbocycles. The van der Waals surface area contributed by atoms with Gasteiger partial charge in [0.1, 0.15) is 17.2 Å². The summed E-state index contributed by atoms with van der Waals surface area (Å²) in [6.45, 7) is 6.02. The molecule has 1 unspecified atom stereocenters. The number of aryl methyl sites for hydroxylation is 3. The Balaban J connectivity index is 1.34. The quantitative estimate of drug-likeness (QED) is 0.405. The smallest absolute Gasteiger partial charge is 0.220 e. The Labute approximate surface area is 196 Å². The van der Waals surface area contributed by atoms with Gasteiger partial charge in [0.25, 0.3) is 0 Å². The van der Waals surface area contributed by atoms with Gasteiger partial charge in [-0.1, -0.05) is 29.8 Å². The van der Waals surface area contributed by atoms with Gasteiger partial charge >= 0.3 is 0 Å². The van der Waals surface area contributed by atoms with E-state index in [4.69, 9.17) is 5.10 Å². The number of halogens is 1. The largest absolute Gasteiger partial charge is 0.350 e. The fourth-order valence-electron chi connectivity index (χ4n) is 4.15. The van der Waals surface area contributed by atoms with Gasteiger partial charge in [0, 0.05) is 30.8 Å². The van der Waals surface area contributed by atoms with Crippen LogP contribution < -0.4 is 5.32 Å². The molecule has 3 aromatic heterocycles. The summed E-state index contributed by atoms with van der Waals surface area (Å²) >= 11 is 0. The lowest BCUT2D eigenvalue weighted by Crippen LogP contribution is -2.27. The van der Waals surface area contributed by atoms with Crippen LogP contribution in [0, 0.1) is 19.7 Å². The molecule has 1 N–H and O–H groups in total. The van der Waals surface area contributed by atoms with E-state index in [2.05, 4.69) is 47.6 Å². The van der Waals surface area contributed by atoms with Gasteiger partial charge in [-0.15, -0.1) is 10.2 Å². The summed E-state index contributed by atoms with van der Waals surface area (Å²) in [7, 11) is 0. The maximum atomic E-state index is 13.1. The van der Waals surface area contributed by atoms with E-state index in [0.29, 0.717) is 17.9 Å². The predicted molar refractivity (Wildman–Crippen MR) is 128 cm³/mol. The number of fused-ring (bicyclic) bond motifs is 3. The molecule has 0 bridgehead atoms. The maximum Gasteiger partial charge on any atom is 0.220 e. The first-order chi connectivity index (χ1) is 16.4. The van der Waals surface area contributed by atoms with E-state index in [1.165, 1.54) is 17.7 Å². The minimum atomic E-state index is -0.297. The molecule has 0 radical (unpaired) electrons. The Hall–Kier alpha value is -4.07. The number of benzene rings is 2. The van der Waals surface area contributed by atoms with Gasteiger partial charge < -0.3 is 5.32 Å². The summed E-state index contributed by atoms with van der Waals surface area (Å²) in [6, 6.07) is 14.3. The molecule has 3 heterocycles. The molecule has 7 nitrogen and oxygen atoms in total. The van der Waals surface area contributed by atoms with Gasteiger partial charge in [-0.3, -0.25) is 9.20 Å². The van der Waals surface area contributed by atoms with Gasteiger partial charge in [-0.05, 0) is 56.2 Å². The van der Waals surface area contributed by atoms with Gasteiger partial charge in [0.05, 0.1) is 11.7 Å². The lowest BCUT2D eigenvalue weighted by atomic mass is 10.0. The molecule has 1 amide bonds. The molecule has 2 aromatic carbocycles. The number of hydrogen-bond donors (Lipinski definition) is 1. The summed E-state index contributed by atoms with van der Waals surface area (Å²) in [5.41, 5.74) is 6.72. The van der Waals surface area contributed by atoms with Crippen LogP contribution in [0.2, 0.25) is 0 Å². The van der Waals surface area contributed by atoms with Crippen molar-refractivity contribution in [3.63, 3.8) is 0 Å². The van der Waals surface area contributed by atoms with Crippen LogP contribution in [0.3, 0.4) is 0 Å². The number of hydrogen-bond acceptors (Lipinski definition) is 4. The predicted octanol–water partition coefficient (Wildman–Crippen LogP) is 4.61. The van der Waals surface area contributed by atoms with Crippen LogP contribution in [-0.4, -0.2) is 30.1 Å². The number of aromatic nitrogens is 5. The van der Waals surface area contributed by atoms with Gasteiger partial charge in [-0.2, -0.15) is 5.10 Å². The first-order valence-electron chi connectivity index (χ1n) is 11.2. The monoisotopic (exact) mass is 456 g/mol. The molecule has 0 aliphatic heterocycles. The van der Waals surface area contributed by atoms with Crippen molar-refractivity contribution in [2.75, 3.05) is 0 Å². The zero-order valence-electron chi connectivity index (χ0n) is 19.3.